The summed E-state index contributed by atoms with van der Waals surface area (Å²) in [4.78, 5) is 0. The first kappa shape index (κ1) is 14.0. The summed E-state index contributed by atoms with van der Waals surface area (Å²) in [6.07, 6.45) is 2.48. The van der Waals surface area contributed by atoms with Gasteiger partial charge in [0.2, 0.25) is 0 Å². The molecule has 0 atom stereocenters. The van der Waals surface area contributed by atoms with Crippen LogP contribution < -0.4 is 0 Å². The number of rotatable bonds is 4. The second kappa shape index (κ2) is 5.54. The van der Waals surface area contributed by atoms with E-state index >= 15 is 0 Å². The number of benzene rings is 1. The lowest BCUT2D eigenvalue weighted by atomic mass is 9.83. The Labute approximate surface area is 104 Å². The zero-order valence-electron chi connectivity index (χ0n) is 11.4. The molecule has 0 bridgehead atoms. The summed E-state index contributed by atoms with van der Waals surface area (Å²) in [6, 6.07) is 4.13. The van der Waals surface area contributed by atoms with Crippen molar-refractivity contribution >= 4 is 0 Å². The number of aryl methyl sites for hydroxylation is 2. The van der Waals surface area contributed by atoms with Crippen LogP contribution in [0, 0.1) is 0 Å². The van der Waals surface area contributed by atoms with Crippen LogP contribution in [0.25, 0.3) is 0 Å². The molecule has 17 heavy (non-hydrogen) atoms. The zero-order chi connectivity index (χ0) is 13.1. The maximum atomic E-state index is 10.2. The minimum atomic E-state index is -0.0524. The van der Waals surface area contributed by atoms with E-state index in [4.69, 9.17) is 5.11 Å². The summed E-state index contributed by atoms with van der Waals surface area (Å²) in [7, 11) is 0. The summed E-state index contributed by atoms with van der Waals surface area (Å²) in [5.41, 5.74) is 3.16. The summed E-state index contributed by atoms with van der Waals surface area (Å²) in [5, 5.41) is 19.1. The molecule has 0 amide bonds. The zero-order valence-corrected chi connectivity index (χ0v) is 11.4. The minimum absolute atomic E-state index is 0.0524. The maximum Gasteiger partial charge on any atom is 0.122 e. The largest absolute Gasteiger partial charge is 0.507 e. The van der Waals surface area contributed by atoms with Gasteiger partial charge in [-0.25, -0.2) is 0 Å². The third-order valence-corrected chi connectivity index (χ3v) is 3.06. The number of aromatic hydroxyl groups is 1. The first-order valence-corrected chi connectivity index (χ1v) is 6.36. The van der Waals surface area contributed by atoms with Crippen molar-refractivity contribution in [3.63, 3.8) is 0 Å². The molecular formula is C15H24O2. The Hall–Kier alpha value is -1.02. The van der Waals surface area contributed by atoms with Crippen LogP contribution in [0.15, 0.2) is 12.1 Å². The Morgan fingerprint density at radius 2 is 1.82 bits per heavy atom. The molecule has 1 aromatic carbocycles. The quantitative estimate of drug-likeness (QED) is 0.843. The summed E-state index contributed by atoms with van der Waals surface area (Å²) in [6.45, 7) is 8.59. The molecule has 0 spiro atoms. The van der Waals surface area contributed by atoms with E-state index in [2.05, 4.69) is 39.8 Å². The fraction of sp³-hybridized carbons (Fsp3) is 0.600. The van der Waals surface area contributed by atoms with Crippen LogP contribution in [-0.2, 0) is 18.3 Å². The number of hydrogen-bond acceptors (Lipinski definition) is 2. The van der Waals surface area contributed by atoms with Crippen molar-refractivity contribution in [2.45, 2.75) is 52.4 Å². The van der Waals surface area contributed by atoms with Crippen LogP contribution in [0.4, 0.5) is 0 Å². The van der Waals surface area contributed by atoms with Gasteiger partial charge in [-0.15, -0.1) is 0 Å². The molecule has 0 aliphatic rings. The van der Waals surface area contributed by atoms with Gasteiger partial charge in [0.15, 0.2) is 0 Å². The SMILES string of the molecule is CCc1cc(CCCO)cc(C(C)(C)C)c1O. The van der Waals surface area contributed by atoms with Crippen LogP contribution in [0.2, 0.25) is 0 Å². The van der Waals surface area contributed by atoms with Gasteiger partial charge in [-0.2, -0.15) is 0 Å². The Kier molecular flexibility index (Phi) is 4.58. The van der Waals surface area contributed by atoms with Crippen molar-refractivity contribution in [3.05, 3.63) is 28.8 Å². The third-order valence-electron chi connectivity index (χ3n) is 3.06. The van der Waals surface area contributed by atoms with Gasteiger partial charge in [-0.1, -0.05) is 39.8 Å². The molecular weight excluding hydrogens is 212 g/mol. The molecule has 96 valence electrons. The number of aliphatic hydroxyl groups is 1. The minimum Gasteiger partial charge on any atom is -0.507 e. The van der Waals surface area contributed by atoms with Crippen molar-refractivity contribution < 1.29 is 10.2 Å². The number of phenolic OH excluding ortho intramolecular Hbond substituents is 1. The molecule has 0 heterocycles. The first-order valence-electron chi connectivity index (χ1n) is 6.36. The molecule has 0 aromatic heterocycles. The fourth-order valence-electron chi connectivity index (χ4n) is 2.03. The van der Waals surface area contributed by atoms with Crippen LogP contribution in [-0.4, -0.2) is 16.8 Å². The predicted octanol–water partition coefficient (Wildman–Crippen LogP) is 3.18. The molecule has 0 aliphatic heterocycles. The Bertz CT molecular complexity index is 375. The molecule has 0 radical (unpaired) electrons. The summed E-state index contributed by atoms with van der Waals surface area (Å²) in [5.74, 6) is 0.438. The Balaban J connectivity index is 3.19. The molecule has 0 saturated carbocycles. The van der Waals surface area contributed by atoms with Crippen LogP contribution >= 0.6 is 0 Å². The molecule has 2 nitrogen and oxygen atoms in total. The summed E-state index contributed by atoms with van der Waals surface area (Å²) >= 11 is 0. The number of aliphatic hydroxyl groups excluding tert-OH is 1. The number of phenols is 1. The van der Waals surface area contributed by atoms with E-state index in [1.807, 2.05) is 0 Å². The second-order valence-electron chi connectivity index (χ2n) is 5.58. The van der Waals surface area contributed by atoms with E-state index in [1.54, 1.807) is 0 Å². The van der Waals surface area contributed by atoms with E-state index in [9.17, 15) is 5.11 Å². The lowest BCUT2D eigenvalue weighted by Crippen LogP contribution is -2.13. The van der Waals surface area contributed by atoms with Crippen LogP contribution in [0.5, 0.6) is 5.75 Å². The third kappa shape index (κ3) is 3.47. The standard InChI is InChI=1S/C15H24O2/c1-5-12-9-11(7-6-8-16)10-13(14(12)17)15(2,3)4/h9-10,16-17H,5-8H2,1-4H3. The van der Waals surface area contributed by atoms with Gasteiger partial charge in [0.05, 0.1) is 0 Å². The highest BCUT2D eigenvalue weighted by Crippen LogP contribution is 2.34. The second-order valence-corrected chi connectivity index (χ2v) is 5.58. The van der Waals surface area contributed by atoms with Gasteiger partial charge < -0.3 is 10.2 Å². The predicted molar refractivity (Wildman–Crippen MR) is 71.6 cm³/mol. The van der Waals surface area contributed by atoms with Gasteiger partial charge in [0, 0.05) is 6.61 Å². The Morgan fingerprint density at radius 1 is 1.18 bits per heavy atom. The van der Waals surface area contributed by atoms with Gasteiger partial charge in [-0.05, 0) is 41.4 Å². The molecule has 1 rings (SSSR count). The Morgan fingerprint density at radius 3 is 2.29 bits per heavy atom. The van der Waals surface area contributed by atoms with E-state index in [1.165, 1.54) is 5.56 Å². The lowest BCUT2D eigenvalue weighted by molar-refractivity contribution is 0.288. The van der Waals surface area contributed by atoms with Gasteiger partial charge >= 0.3 is 0 Å². The van der Waals surface area contributed by atoms with Crippen molar-refractivity contribution in [3.8, 4) is 5.75 Å². The number of hydrogen-bond donors (Lipinski definition) is 2. The van der Waals surface area contributed by atoms with E-state index in [0.29, 0.717) is 5.75 Å². The molecule has 0 unspecified atom stereocenters. The van der Waals surface area contributed by atoms with Gasteiger partial charge in [0.1, 0.15) is 5.75 Å². The van der Waals surface area contributed by atoms with Crippen molar-refractivity contribution in [2.75, 3.05) is 6.61 Å². The molecule has 1 aromatic rings. The van der Waals surface area contributed by atoms with E-state index in [-0.39, 0.29) is 12.0 Å². The molecule has 0 saturated heterocycles. The lowest BCUT2D eigenvalue weighted by Gasteiger charge is -2.23. The maximum absolute atomic E-state index is 10.2. The van der Waals surface area contributed by atoms with E-state index in [0.717, 1.165) is 30.4 Å². The highest BCUT2D eigenvalue weighted by Gasteiger charge is 2.20. The monoisotopic (exact) mass is 236 g/mol. The van der Waals surface area contributed by atoms with Crippen molar-refractivity contribution in [2.24, 2.45) is 0 Å². The van der Waals surface area contributed by atoms with Gasteiger partial charge in [-0.3, -0.25) is 0 Å². The highest BCUT2D eigenvalue weighted by atomic mass is 16.3. The van der Waals surface area contributed by atoms with Crippen molar-refractivity contribution in [1.29, 1.82) is 0 Å². The molecule has 0 fully saturated rings. The topological polar surface area (TPSA) is 40.5 Å². The van der Waals surface area contributed by atoms with Crippen molar-refractivity contribution in [1.82, 2.24) is 0 Å². The highest BCUT2D eigenvalue weighted by molar-refractivity contribution is 5.47. The first-order chi connectivity index (χ1) is 7.90. The fourth-order valence-corrected chi connectivity index (χ4v) is 2.03. The van der Waals surface area contributed by atoms with Gasteiger partial charge in [0.25, 0.3) is 0 Å². The molecule has 2 N–H and O–H groups in total. The molecule has 2 heteroatoms. The average Bonchev–Trinajstić information content (AvgIpc) is 2.26. The molecule has 0 aliphatic carbocycles. The van der Waals surface area contributed by atoms with Crippen LogP contribution in [0.1, 0.15) is 50.8 Å². The van der Waals surface area contributed by atoms with Crippen LogP contribution in [0.3, 0.4) is 0 Å². The van der Waals surface area contributed by atoms with E-state index < -0.39 is 0 Å². The smallest absolute Gasteiger partial charge is 0.122 e. The average molecular weight is 236 g/mol. The normalized spacial score (nSPS) is 11.8. The summed E-state index contributed by atoms with van der Waals surface area (Å²) < 4.78 is 0.